The molecule has 1 atom stereocenters. The summed E-state index contributed by atoms with van der Waals surface area (Å²) >= 11 is 0. The number of para-hydroxylation sites is 2. The molecule has 9 heteroatoms. The van der Waals surface area contributed by atoms with E-state index in [4.69, 9.17) is 4.42 Å². The molecule has 2 heterocycles. The van der Waals surface area contributed by atoms with Crippen molar-refractivity contribution in [2.75, 3.05) is 24.5 Å². The molecule has 1 saturated heterocycles. The summed E-state index contributed by atoms with van der Waals surface area (Å²) in [6, 6.07) is 14.7. The lowest BCUT2D eigenvalue weighted by molar-refractivity contribution is -0.120. The van der Waals surface area contributed by atoms with E-state index in [2.05, 4.69) is 19.9 Å². The van der Waals surface area contributed by atoms with Gasteiger partial charge in [-0.2, -0.15) is 4.98 Å². The van der Waals surface area contributed by atoms with Crippen LogP contribution in [-0.2, 0) is 14.8 Å². The summed E-state index contributed by atoms with van der Waals surface area (Å²) in [7, 11) is -3.73. The predicted octanol–water partition coefficient (Wildman–Crippen LogP) is 2.20. The van der Waals surface area contributed by atoms with E-state index in [1.165, 1.54) is 6.07 Å². The molecule has 2 N–H and O–H groups in total. The minimum absolute atomic E-state index is 0.0513. The van der Waals surface area contributed by atoms with Crippen LogP contribution in [0.25, 0.3) is 11.1 Å². The largest absolute Gasteiger partial charge is 0.423 e. The van der Waals surface area contributed by atoms with Crippen molar-refractivity contribution in [2.45, 2.75) is 30.7 Å². The van der Waals surface area contributed by atoms with Gasteiger partial charge < -0.3 is 14.6 Å². The zero-order valence-electron chi connectivity index (χ0n) is 16.7. The lowest BCUT2D eigenvalue weighted by Crippen LogP contribution is -2.43. The number of amides is 1. The molecule has 30 heavy (non-hydrogen) atoms. The molecule has 4 rings (SSSR count). The number of nitrogens with one attached hydrogen (secondary N) is 2. The molecule has 3 aromatic rings. The quantitative estimate of drug-likeness (QED) is 0.598. The summed E-state index contributed by atoms with van der Waals surface area (Å²) in [6.45, 7) is 2.69. The van der Waals surface area contributed by atoms with Crippen molar-refractivity contribution in [1.82, 2.24) is 15.0 Å². The number of carbonyl (C=O) groups excluding carboxylic acids is 1. The highest BCUT2D eigenvalue weighted by molar-refractivity contribution is 7.89. The van der Waals surface area contributed by atoms with Crippen molar-refractivity contribution < 1.29 is 17.6 Å². The highest BCUT2D eigenvalue weighted by Gasteiger charge is 2.28. The number of hydrogen-bond donors (Lipinski definition) is 2. The Morgan fingerprint density at radius 2 is 2.07 bits per heavy atom. The first kappa shape index (κ1) is 20.4. The highest BCUT2D eigenvalue weighted by Crippen LogP contribution is 2.27. The number of anilines is 1. The fraction of sp³-hybridized carbons (Fsp3) is 0.333. The van der Waals surface area contributed by atoms with Gasteiger partial charge in [-0.25, -0.2) is 13.1 Å². The summed E-state index contributed by atoms with van der Waals surface area (Å²) < 4.78 is 32.9. The molecule has 0 saturated carbocycles. The highest BCUT2D eigenvalue weighted by atomic mass is 32.2. The molecule has 0 spiro atoms. The minimum atomic E-state index is -3.73. The van der Waals surface area contributed by atoms with Crippen LogP contribution >= 0.6 is 0 Å². The van der Waals surface area contributed by atoms with E-state index >= 15 is 0 Å². The first-order valence-electron chi connectivity index (χ1n) is 9.88. The Hall–Kier alpha value is -2.91. The first-order valence-corrected chi connectivity index (χ1v) is 11.4. The van der Waals surface area contributed by atoms with E-state index < -0.39 is 10.0 Å². The van der Waals surface area contributed by atoms with E-state index in [9.17, 15) is 13.2 Å². The van der Waals surface area contributed by atoms with Crippen LogP contribution in [-0.4, -0.2) is 45.0 Å². The van der Waals surface area contributed by atoms with Crippen LogP contribution in [0.4, 0.5) is 6.01 Å². The fourth-order valence-electron chi connectivity index (χ4n) is 3.60. The molecule has 1 aromatic heterocycles. The van der Waals surface area contributed by atoms with Crippen LogP contribution in [0.2, 0.25) is 0 Å². The lowest BCUT2D eigenvalue weighted by atomic mass is 10.2. The SMILES string of the molecule is Cc1cccc(S(=O)(=O)NCC(=O)NCC2CCCN2c2nc3ccccc3o2)c1. The van der Waals surface area contributed by atoms with Crippen molar-refractivity contribution in [2.24, 2.45) is 0 Å². The average Bonchev–Trinajstić information content (AvgIpc) is 3.37. The molecule has 1 fully saturated rings. The van der Waals surface area contributed by atoms with Crippen molar-refractivity contribution in [1.29, 1.82) is 0 Å². The third-order valence-electron chi connectivity index (χ3n) is 5.16. The Balaban J connectivity index is 1.33. The summed E-state index contributed by atoms with van der Waals surface area (Å²) in [5, 5.41) is 2.82. The van der Waals surface area contributed by atoms with E-state index in [1.807, 2.05) is 37.3 Å². The maximum atomic E-state index is 12.4. The van der Waals surface area contributed by atoms with Gasteiger partial charge in [0, 0.05) is 13.1 Å². The number of sulfonamides is 1. The number of aryl methyl sites for hydroxylation is 1. The van der Waals surface area contributed by atoms with E-state index in [0.29, 0.717) is 12.6 Å². The molecule has 0 bridgehead atoms. The van der Waals surface area contributed by atoms with E-state index in [0.717, 1.165) is 36.0 Å². The molecular weight excluding hydrogens is 404 g/mol. The molecule has 158 valence electrons. The van der Waals surface area contributed by atoms with E-state index in [1.54, 1.807) is 12.1 Å². The maximum absolute atomic E-state index is 12.4. The summed E-state index contributed by atoms with van der Waals surface area (Å²) in [4.78, 5) is 19.0. The molecule has 1 aliphatic rings. The minimum Gasteiger partial charge on any atom is -0.423 e. The molecule has 0 aliphatic carbocycles. The Morgan fingerprint density at radius 1 is 1.23 bits per heavy atom. The van der Waals surface area contributed by atoms with Crippen LogP contribution in [0, 0.1) is 6.92 Å². The van der Waals surface area contributed by atoms with Crippen molar-refractivity contribution in [3.05, 3.63) is 54.1 Å². The molecule has 2 aromatic carbocycles. The second kappa shape index (κ2) is 8.45. The standard InChI is InChI=1S/C21H24N4O4S/c1-15-6-4-8-17(12-15)30(27,28)23-14-20(26)22-13-16-7-5-11-25(16)21-24-18-9-2-3-10-19(18)29-21/h2-4,6,8-10,12,16,23H,5,7,11,13-14H2,1H3,(H,22,26). The Labute approximate surface area is 175 Å². The second-order valence-corrected chi connectivity index (χ2v) is 9.17. The zero-order chi connectivity index (χ0) is 21.1. The number of hydrogen-bond acceptors (Lipinski definition) is 6. The maximum Gasteiger partial charge on any atom is 0.298 e. The number of carbonyl (C=O) groups is 1. The van der Waals surface area contributed by atoms with Crippen molar-refractivity contribution in [3.63, 3.8) is 0 Å². The molecule has 0 radical (unpaired) electrons. The number of oxazole rings is 1. The summed E-state index contributed by atoms with van der Waals surface area (Å²) in [6.07, 6.45) is 1.87. The number of fused-ring (bicyclic) bond motifs is 1. The third-order valence-corrected chi connectivity index (χ3v) is 6.56. The predicted molar refractivity (Wildman–Crippen MR) is 114 cm³/mol. The van der Waals surface area contributed by atoms with Gasteiger partial charge in [-0.15, -0.1) is 0 Å². The van der Waals surface area contributed by atoms with Gasteiger partial charge in [0.05, 0.1) is 17.5 Å². The van der Waals surface area contributed by atoms with Gasteiger partial charge in [-0.1, -0.05) is 24.3 Å². The van der Waals surface area contributed by atoms with Gasteiger partial charge in [0.2, 0.25) is 15.9 Å². The van der Waals surface area contributed by atoms with Crippen LogP contribution < -0.4 is 14.9 Å². The van der Waals surface area contributed by atoms with Gasteiger partial charge in [0.15, 0.2) is 5.58 Å². The van der Waals surface area contributed by atoms with Gasteiger partial charge in [0.1, 0.15) is 5.52 Å². The number of nitrogens with zero attached hydrogens (tertiary/aromatic N) is 2. The van der Waals surface area contributed by atoms with Gasteiger partial charge in [0.25, 0.3) is 6.01 Å². The molecule has 1 unspecified atom stereocenters. The van der Waals surface area contributed by atoms with Gasteiger partial charge in [-0.3, -0.25) is 4.79 Å². The normalized spacial score (nSPS) is 16.8. The number of benzene rings is 2. The smallest absolute Gasteiger partial charge is 0.298 e. The first-order chi connectivity index (χ1) is 14.4. The van der Waals surface area contributed by atoms with Gasteiger partial charge in [-0.05, 0) is 49.6 Å². The molecule has 1 amide bonds. The summed E-state index contributed by atoms with van der Waals surface area (Å²) in [5.41, 5.74) is 2.36. The molecule has 1 aliphatic heterocycles. The van der Waals surface area contributed by atoms with Crippen molar-refractivity contribution >= 4 is 33.0 Å². The molecular formula is C21H24N4O4S. The topological polar surface area (TPSA) is 105 Å². The van der Waals surface area contributed by atoms with Crippen molar-refractivity contribution in [3.8, 4) is 0 Å². The van der Waals surface area contributed by atoms with Crippen LogP contribution in [0.3, 0.4) is 0 Å². The van der Waals surface area contributed by atoms with Gasteiger partial charge >= 0.3 is 0 Å². The lowest BCUT2D eigenvalue weighted by Gasteiger charge is -2.23. The number of rotatable bonds is 7. The van der Waals surface area contributed by atoms with E-state index in [-0.39, 0.29) is 23.4 Å². The second-order valence-electron chi connectivity index (χ2n) is 7.40. The Kier molecular flexibility index (Phi) is 5.74. The molecule has 8 nitrogen and oxygen atoms in total. The van der Waals surface area contributed by atoms with Crippen LogP contribution in [0.5, 0.6) is 0 Å². The monoisotopic (exact) mass is 428 g/mol. The average molecular weight is 429 g/mol. The fourth-order valence-corrected chi connectivity index (χ4v) is 4.69. The summed E-state index contributed by atoms with van der Waals surface area (Å²) in [5.74, 6) is -0.379. The van der Waals surface area contributed by atoms with Crippen LogP contribution in [0.1, 0.15) is 18.4 Å². The number of aromatic nitrogens is 1. The third kappa shape index (κ3) is 4.47. The Morgan fingerprint density at radius 3 is 2.87 bits per heavy atom. The van der Waals surface area contributed by atoms with Crippen LogP contribution in [0.15, 0.2) is 57.8 Å². The zero-order valence-corrected chi connectivity index (χ0v) is 17.5. The Bertz CT molecular complexity index is 1130.